The molecule has 1 aliphatic heterocycles. The van der Waals surface area contributed by atoms with Crippen LogP contribution in [0.3, 0.4) is 0 Å². The van der Waals surface area contributed by atoms with Crippen molar-refractivity contribution >= 4 is 17.7 Å². The van der Waals surface area contributed by atoms with Crippen molar-refractivity contribution in [3.05, 3.63) is 41.5 Å². The second-order valence-electron chi connectivity index (χ2n) is 7.42. The topological polar surface area (TPSA) is 107 Å². The maximum Gasteiger partial charge on any atom is 0.322 e. The molecule has 0 aromatic heterocycles. The first-order valence-electron chi connectivity index (χ1n) is 10.9. The zero-order valence-electron chi connectivity index (χ0n) is 19.3. The molecule has 2 aromatic rings. The van der Waals surface area contributed by atoms with E-state index in [1.54, 1.807) is 29.2 Å². The van der Waals surface area contributed by atoms with Crippen molar-refractivity contribution < 1.29 is 33.6 Å². The number of ether oxygens (including phenoxy) is 4. The van der Waals surface area contributed by atoms with Gasteiger partial charge in [0.15, 0.2) is 23.0 Å². The predicted octanol–water partition coefficient (Wildman–Crippen LogP) is 4.11. The van der Waals surface area contributed by atoms with Crippen LogP contribution >= 0.6 is 0 Å². The van der Waals surface area contributed by atoms with Gasteiger partial charge in [-0.2, -0.15) is 0 Å². The maximum atomic E-state index is 13.2. The van der Waals surface area contributed by atoms with Crippen molar-refractivity contribution in [1.29, 1.82) is 0 Å². The number of carboxylic acid groups (broad SMARTS) is 1. The molecule has 0 saturated carbocycles. The van der Waals surface area contributed by atoms with Gasteiger partial charge in [0.05, 0.1) is 39.9 Å². The Labute approximate surface area is 193 Å². The molecule has 0 spiro atoms. The highest BCUT2D eigenvalue weighted by molar-refractivity contribution is 5.90. The number of benzene rings is 2. The van der Waals surface area contributed by atoms with Gasteiger partial charge in [0, 0.05) is 18.3 Å². The van der Waals surface area contributed by atoms with Crippen molar-refractivity contribution in [1.82, 2.24) is 4.90 Å². The number of carbonyl (C=O) groups is 2. The van der Waals surface area contributed by atoms with Crippen LogP contribution in [0.2, 0.25) is 0 Å². The smallest absolute Gasteiger partial charge is 0.322 e. The van der Waals surface area contributed by atoms with Gasteiger partial charge in [-0.05, 0) is 55.7 Å². The molecule has 3 rings (SSSR count). The van der Waals surface area contributed by atoms with Crippen molar-refractivity contribution in [2.75, 3.05) is 39.3 Å². The van der Waals surface area contributed by atoms with E-state index in [0.29, 0.717) is 54.9 Å². The summed E-state index contributed by atoms with van der Waals surface area (Å²) in [5.41, 5.74) is 2.21. The summed E-state index contributed by atoms with van der Waals surface area (Å²) in [6, 6.07) is 7.69. The first kappa shape index (κ1) is 24.0. The normalized spacial score (nSPS) is 14.8. The van der Waals surface area contributed by atoms with Crippen LogP contribution in [0.4, 0.5) is 10.5 Å². The van der Waals surface area contributed by atoms with Crippen LogP contribution in [-0.2, 0) is 11.2 Å². The summed E-state index contributed by atoms with van der Waals surface area (Å²) in [7, 11) is 3.05. The third kappa shape index (κ3) is 5.42. The minimum absolute atomic E-state index is 0.230. The van der Waals surface area contributed by atoms with Crippen LogP contribution in [0.25, 0.3) is 0 Å². The van der Waals surface area contributed by atoms with Crippen molar-refractivity contribution in [3.63, 3.8) is 0 Å². The molecule has 9 heteroatoms. The molecule has 1 heterocycles. The number of urea groups is 1. The molecule has 2 aromatic carbocycles. The molecule has 178 valence electrons. The molecule has 33 heavy (non-hydrogen) atoms. The van der Waals surface area contributed by atoms with E-state index in [1.165, 1.54) is 14.2 Å². The number of nitrogens with zero attached hydrogens (tertiary/aromatic N) is 1. The number of hydrogen-bond donors (Lipinski definition) is 2. The molecular formula is C24H30N2O7. The van der Waals surface area contributed by atoms with Crippen molar-refractivity contribution in [2.24, 2.45) is 0 Å². The Balaban J connectivity index is 1.92. The number of rotatable bonds is 9. The number of anilines is 1. The third-order valence-corrected chi connectivity index (χ3v) is 5.43. The van der Waals surface area contributed by atoms with Crippen LogP contribution in [0.1, 0.15) is 37.4 Å². The van der Waals surface area contributed by atoms with Gasteiger partial charge in [0.1, 0.15) is 0 Å². The summed E-state index contributed by atoms with van der Waals surface area (Å²) in [6.07, 6.45) is 0.336. The van der Waals surface area contributed by atoms with Gasteiger partial charge in [0.25, 0.3) is 0 Å². The minimum atomic E-state index is -0.997. The molecule has 2 N–H and O–H groups in total. The average molecular weight is 459 g/mol. The predicted molar refractivity (Wildman–Crippen MR) is 123 cm³/mol. The minimum Gasteiger partial charge on any atom is -0.493 e. The van der Waals surface area contributed by atoms with E-state index in [0.717, 1.165) is 11.1 Å². The van der Waals surface area contributed by atoms with E-state index in [1.807, 2.05) is 19.9 Å². The van der Waals surface area contributed by atoms with Gasteiger partial charge in [-0.15, -0.1) is 0 Å². The van der Waals surface area contributed by atoms with Gasteiger partial charge >= 0.3 is 12.0 Å². The van der Waals surface area contributed by atoms with Crippen LogP contribution in [0.15, 0.2) is 30.3 Å². The van der Waals surface area contributed by atoms with Crippen LogP contribution < -0.4 is 24.3 Å². The fourth-order valence-corrected chi connectivity index (χ4v) is 3.98. The summed E-state index contributed by atoms with van der Waals surface area (Å²) >= 11 is 0. The molecule has 0 aliphatic carbocycles. The van der Waals surface area contributed by atoms with E-state index in [9.17, 15) is 14.7 Å². The van der Waals surface area contributed by atoms with Gasteiger partial charge < -0.3 is 34.3 Å². The molecule has 9 nitrogen and oxygen atoms in total. The molecule has 0 bridgehead atoms. The van der Waals surface area contributed by atoms with Crippen LogP contribution in [-0.4, -0.2) is 56.0 Å². The lowest BCUT2D eigenvalue weighted by molar-refractivity contribution is -0.138. The second kappa shape index (κ2) is 10.8. The Hall–Kier alpha value is -3.62. The summed E-state index contributed by atoms with van der Waals surface area (Å²) in [5, 5.41) is 12.4. The van der Waals surface area contributed by atoms with Gasteiger partial charge in [-0.25, -0.2) is 4.79 Å². The Bertz CT molecular complexity index is 1010. The van der Waals surface area contributed by atoms with Crippen molar-refractivity contribution in [3.8, 4) is 23.0 Å². The number of carbonyl (C=O) groups excluding carboxylic acids is 1. The molecular weight excluding hydrogens is 428 g/mol. The molecule has 0 radical (unpaired) electrons. The Kier molecular flexibility index (Phi) is 7.87. The quantitative estimate of drug-likeness (QED) is 0.582. The van der Waals surface area contributed by atoms with E-state index in [4.69, 9.17) is 18.9 Å². The summed E-state index contributed by atoms with van der Waals surface area (Å²) in [4.78, 5) is 26.4. The fraction of sp³-hybridized carbons (Fsp3) is 0.417. The van der Waals surface area contributed by atoms with Gasteiger partial charge in [-0.3, -0.25) is 4.79 Å². The fourth-order valence-electron chi connectivity index (χ4n) is 3.98. The number of methoxy groups -OCH3 is 2. The van der Waals surface area contributed by atoms with Gasteiger partial charge in [-0.1, -0.05) is 0 Å². The molecule has 2 amide bonds. The molecule has 1 atom stereocenters. The lowest BCUT2D eigenvalue weighted by Crippen LogP contribution is -2.43. The maximum absolute atomic E-state index is 13.2. The monoisotopic (exact) mass is 458 g/mol. The summed E-state index contributed by atoms with van der Waals surface area (Å²) in [6.45, 7) is 5.04. The number of amides is 2. The van der Waals surface area contributed by atoms with E-state index in [-0.39, 0.29) is 6.42 Å². The number of aliphatic carboxylic acids is 1. The zero-order valence-corrected chi connectivity index (χ0v) is 19.3. The number of nitrogens with one attached hydrogen (secondary N) is 1. The van der Waals surface area contributed by atoms with Crippen LogP contribution in [0.5, 0.6) is 23.0 Å². The standard InChI is InChI=1S/C24H30N2O7/c1-5-32-21-11-15-9-10-26(18(14-23(27)28)17(15)13-22(21)33-6-2)24(29)25-16-7-8-19(30-3)20(12-16)31-4/h7-8,11-13,18H,5-6,9-10,14H2,1-4H3,(H,25,29)(H,27,28)/t18-/m0/s1. The third-order valence-electron chi connectivity index (χ3n) is 5.43. The van der Waals surface area contributed by atoms with E-state index < -0.39 is 18.0 Å². The molecule has 0 saturated heterocycles. The highest BCUT2D eigenvalue weighted by Crippen LogP contribution is 2.40. The average Bonchev–Trinajstić information content (AvgIpc) is 2.79. The Morgan fingerprint density at radius 2 is 1.67 bits per heavy atom. The number of fused-ring (bicyclic) bond motifs is 1. The largest absolute Gasteiger partial charge is 0.493 e. The zero-order chi connectivity index (χ0) is 24.0. The highest BCUT2D eigenvalue weighted by atomic mass is 16.5. The second-order valence-corrected chi connectivity index (χ2v) is 7.42. The first-order valence-corrected chi connectivity index (χ1v) is 10.9. The van der Waals surface area contributed by atoms with Crippen LogP contribution in [0, 0.1) is 0 Å². The van der Waals surface area contributed by atoms with Crippen molar-refractivity contribution in [2.45, 2.75) is 32.7 Å². The van der Waals surface area contributed by atoms with Gasteiger partial charge in [0.2, 0.25) is 0 Å². The molecule has 0 fully saturated rings. The summed E-state index contributed by atoms with van der Waals surface area (Å²) in [5.74, 6) is 1.18. The SMILES string of the molecule is CCOc1cc2c(cc1OCC)[C@H](CC(=O)O)N(C(=O)Nc1ccc(OC)c(OC)c1)CC2. The Morgan fingerprint density at radius 3 is 2.27 bits per heavy atom. The highest BCUT2D eigenvalue weighted by Gasteiger charge is 2.34. The molecule has 0 unspecified atom stereocenters. The molecule has 1 aliphatic rings. The summed E-state index contributed by atoms with van der Waals surface area (Å²) < 4.78 is 22.0. The lowest BCUT2D eigenvalue weighted by Gasteiger charge is -2.37. The van der Waals surface area contributed by atoms with E-state index >= 15 is 0 Å². The lowest BCUT2D eigenvalue weighted by atomic mass is 9.90. The number of carboxylic acids is 1. The first-order chi connectivity index (χ1) is 15.9. The Morgan fingerprint density at radius 1 is 1.00 bits per heavy atom. The number of hydrogen-bond acceptors (Lipinski definition) is 6. The van der Waals surface area contributed by atoms with E-state index in [2.05, 4.69) is 5.32 Å².